The van der Waals surface area contributed by atoms with E-state index >= 15 is 0 Å². The zero-order valence-electron chi connectivity index (χ0n) is 16.2. The van der Waals surface area contributed by atoms with Gasteiger partial charge in [0.25, 0.3) is 5.56 Å². The lowest BCUT2D eigenvalue weighted by molar-refractivity contribution is 0.0203. The standard InChI is InChI=1S/C20H23ClN4O3/c1-20(2,3)28-19(27)24-8-6-12(7-9-24)16-11-17(26)22-18-14-10-13(21)4-5-15(14)23-25(16)18/h4-5,10-12H,6-9H2,1-3H3,(H,22,26). The first-order valence-corrected chi connectivity index (χ1v) is 9.78. The third-order valence-corrected chi connectivity index (χ3v) is 5.20. The highest BCUT2D eigenvalue weighted by atomic mass is 35.5. The summed E-state index contributed by atoms with van der Waals surface area (Å²) in [4.78, 5) is 29.2. The molecule has 0 aliphatic carbocycles. The maximum Gasteiger partial charge on any atom is 0.410 e. The molecule has 0 spiro atoms. The average molecular weight is 403 g/mol. The summed E-state index contributed by atoms with van der Waals surface area (Å²) in [5.41, 5.74) is 1.60. The molecule has 3 heterocycles. The van der Waals surface area contributed by atoms with E-state index in [4.69, 9.17) is 16.3 Å². The Hall–Kier alpha value is -2.54. The molecule has 2 aromatic heterocycles. The van der Waals surface area contributed by atoms with Crippen LogP contribution < -0.4 is 5.56 Å². The molecule has 1 amide bonds. The fourth-order valence-electron chi connectivity index (χ4n) is 3.69. The van der Waals surface area contributed by atoms with Crippen LogP contribution in [-0.4, -0.2) is 44.3 Å². The Kier molecular flexibility index (Phi) is 4.57. The zero-order valence-corrected chi connectivity index (χ0v) is 16.9. The molecule has 7 nitrogen and oxygen atoms in total. The van der Waals surface area contributed by atoms with Gasteiger partial charge in [0.2, 0.25) is 0 Å². The summed E-state index contributed by atoms with van der Waals surface area (Å²) in [6.45, 7) is 6.75. The summed E-state index contributed by atoms with van der Waals surface area (Å²) >= 11 is 6.12. The van der Waals surface area contributed by atoms with Crippen molar-refractivity contribution in [2.45, 2.75) is 45.1 Å². The Balaban J connectivity index is 1.63. The molecule has 0 radical (unpaired) electrons. The van der Waals surface area contributed by atoms with Gasteiger partial charge in [-0.2, -0.15) is 5.10 Å². The number of aromatic amines is 1. The molecule has 1 aliphatic heterocycles. The van der Waals surface area contributed by atoms with E-state index < -0.39 is 5.60 Å². The van der Waals surface area contributed by atoms with E-state index in [0.717, 1.165) is 29.4 Å². The summed E-state index contributed by atoms with van der Waals surface area (Å²) < 4.78 is 7.26. The van der Waals surface area contributed by atoms with Gasteiger partial charge in [-0.05, 0) is 51.8 Å². The molecule has 1 fully saturated rings. The number of rotatable bonds is 1. The van der Waals surface area contributed by atoms with Crippen LogP contribution in [0.5, 0.6) is 0 Å². The summed E-state index contributed by atoms with van der Waals surface area (Å²) in [7, 11) is 0. The van der Waals surface area contributed by atoms with E-state index in [1.54, 1.807) is 21.5 Å². The number of nitrogens with one attached hydrogen (secondary N) is 1. The van der Waals surface area contributed by atoms with Crippen molar-refractivity contribution in [3.63, 3.8) is 0 Å². The fraction of sp³-hybridized carbons (Fsp3) is 0.450. The number of carbonyl (C=O) groups excluding carboxylic acids is 1. The number of fused-ring (bicyclic) bond motifs is 3. The number of hydrogen-bond acceptors (Lipinski definition) is 4. The number of ether oxygens (including phenoxy) is 1. The molecule has 0 saturated carbocycles. The molecule has 0 unspecified atom stereocenters. The molecule has 3 aromatic rings. The van der Waals surface area contributed by atoms with Crippen LogP contribution in [0.25, 0.3) is 16.6 Å². The van der Waals surface area contributed by atoms with Gasteiger partial charge >= 0.3 is 6.09 Å². The molecule has 1 aliphatic rings. The van der Waals surface area contributed by atoms with Crippen LogP contribution in [0.2, 0.25) is 5.02 Å². The predicted molar refractivity (Wildman–Crippen MR) is 108 cm³/mol. The predicted octanol–water partition coefficient (Wildman–Crippen LogP) is 3.94. The molecular formula is C20H23ClN4O3. The van der Waals surface area contributed by atoms with Crippen molar-refractivity contribution in [2.24, 2.45) is 0 Å². The molecule has 4 rings (SSSR count). The highest BCUT2D eigenvalue weighted by molar-refractivity contribution is 6.31. The van der Waals surface area contributed by atoms with Gasteiger partial charge in [-0.15, -0.1) is 0 Å². The van der Waals surface area contributed by atoms with E-state index in [1.807, 2.05) is 32.9 Å². The molecule has 1 aromatic carbocycles. The number of carbonyl (C=O) groups is 1. The topological polar surface area (TPSA) is 79.7 Å². The number of nitrogens with zero attached hydrogens (tertiary/aromatic N) is 3. The van der Waals surface area contributed by atoms with Crippen LogP contribution in [0.4, 0.5) is 4.79 Å². The quantitative estimate of drug-likeness (QED) is 0.668. The minimum absolute atomic E-state index is 0.133. The first kappa shape index (κ1) is 18.8. The van der Waals surface area contributed by atoms with Gasteiger partial charge in [0.05, 0.1) is 11.2 Å². The Morgan fingerprint density at radius 1 is 1.25 bits per heavy atom. The minimum atomic E-state index is -0.511. The van der Waals surface area contributed by atoms with E-state index in [-0.39, 0.29) is 17.6 Å². The van der Waals surface area contributed by atoms with Crippen LogP contribution in [0.3, 0.4) is 0 Å². The molecule has 148 valence electrons. The Bertz CT molecular complexity index is 1100. The number of H-pyrrole nitrogens is 1. The van der Waals surface area contributed by atoms with Crippen molar-refractivity contribution in [2.75, 3.05) is 13.1 Å². The van der Waals surface area contributed by atoms with Crippen LogP contribution in [0, 0.1) is 0 Å². The number of likely N-dealkylation sites (tertiary alicyclic amines) is 1. The normalized spacial score (nSPS) is 16.1. The molecule has 8 heteroatoms. The molecule has 1 N–H and O–H groups in total. The summed E-state index contributed by atoms with van der Waals surface area (Å²) in [6, 6.07) is 7.05. The van der Waals surface area contributed by atoms with Gasteiger partial charge in [-0.1, -0.05) is 11.6 Å². The van der Waals surface area contributed by atoms with Crippen molar-refractivity contribution >= 4 is 34.2 Å². The Morgan fingerprint density at radius 3 is 2.64 bits per heavy atom. The third-order valence-electron chi connectivity index (χ3n) is 4.96. The van der Waals surface area contributed by atoms with Gasteiger partial charge < -0.3 is 14.6 Å². The summed E-state index contributed by atoms with van der Waals surface area (Å²) in [6.07, 6.45) is 1.20. The van der Waals surface area contributed by atoms with E-state index in [9.17, 15) is 9.59 Å². The van der Waals surface area contributed by atoms with Crippen molar-refractivity contribution in [1.82, 2.24) is 19.5 Å². The maximum absolute atomic E-state index is 12.3. The second-order valence-corrected chi connectivity index (χ2v) is 8.66. The van der Waals surface area contributed by atoms with E-state index in [1.165, 1.54) is 0 Å². The molecule has 0 atom stereocenters. The number of aromatic nitrogens is 3. The Morgan fingerprint density at radius 2 is 1.96 bits per heavy atom. The van der Waals surface area contributed by atoms with Gasteiger partial charge in [-0.3, -0.25) is 4.79 Å². The van der Waals surface area contributed by atoms with Crippen LogP contribution in [0.1, 0.15) is 45.2 Å². The lowest BCUT2D eigenvalue weighted by Crippen LogP contribution is -2.41. The highest BCUT2D eigenvalue weighted by Crippen LogP contribution is 2.30. The average Bonchev–Trinajstić information content (AvgIpc) is 2.97. The number of piperidine rings is 1. The molecule has 0 bridgehead atoms. The second-order valence-electron chi connectivity index (χ2n) is 8.22. The number of benzene rings is 1. The largest absolute Gasteiger partial charge is 0.444 e. The SMILES string of the molecule is CC(C)(C)OC(=O)N1CCC(c2cc(=O)[nH]c3c4cc(Cl)ccc4nn23)CC1. The fourth-order valence-corrected chi connectivity index (χ4v) is 3.86. The summed E-state index contributed by atoms with van der Waals surface area (Å²) in [5, 5.41) is 6.07. The lowest BCUT2D eigenvalue weighted by Gasteiger charge is -2.33. The highest BCUT2D eigenvalue weighted by Gasteiger charge is 2.29. The van der Waals surface area contributed by atoms with Gasteiger partial charge in [-0.25, -0.2) is 9.31 Å². The lowest BCUT2D eigenvalue weighted by atomic mass is 9.93. The van der Waals surface area contributed by atoms with Crippen molar-refractivity contribution in [3.8, 4) is 0 Å². The smallest absolute Gasteiger partial charge is 0.410 e. The van der Waals surface area contributed by atoms with Crippen LogP contribution >= 0.6 is 11.6 Å². The second kappa shape index (κ2) is 6.81. The number of amides is 1. The van der Waals surface area contributed by atoms with Crippen molar-refractivity contribution < 1.29 is 9.53 Å². The maximum atomic E-state index is 12.3. The van der Waals surface area contributed by atoms with Crippen molar-refractivity contribution in [1.29, 1.82) is 0 Å². The first-order chi connectivity index (χ1) is 13.2. The summed E-state index contributed by atoms with van der Waals surface area (Å²) in [5.74, 6) is 0.133. The number of halogens is 1. The zero-order chi connectivity index (χ0) is 20.1. The van der Waals surface area contributed by atoms with Gasteiger partial charge in [0, 0.05) is 35.5 Å². The van der Waals surface area contributed by atoms with Gasteiger partial charge in [0.15, 0.2) is 0 Å². The number of hydrogen-bond donors (Lipinski definition) is 1. The minimum Gasteiger partial charge on any atom is -0.444 e. The van der Waals surface area contributed by atoms with Gasteiger partial charge in [0.1, 0.15) is 11.2 Å². The first-order valence-electron chi connectivity index (χ1n) is 9.40. The molecular weight excluding hydrogens is 380 g/mol. The van der Waals surface area contributed by atoms with E-state index in [2.05, 4.69) is 10.1 Å². The molecule has 28 heavy (non-hydrogen) atoms. The Labute approximate surface area is 167 Å². The van der Waals surface area contributed by atoms with E-state index in [0.29, 0.717) is 23.8 Å². The van der Waals surface area contributed by atoms with Crippen LogP contribution in [0.15, 0.2) is 29.1 Å². The van der Waals surface area contributed by atoms with Crippen LogP contribution in [-0.2, 0) is 4.74 Å². The monoisotopic (exact) mass is 402 g/mol. The third kappa shape index (κ3) is 3.58. The molecule has 1 saturated heterocycles. The van der Waals surface area contributed by atoms with Crippen molar-refractivity contribution in [3.05, 3.63) is 45.3 Å².